The van der Waals surface area contributed by atoms with Gasteiger partial charge in [0.15, 0.2) is 0 Å². The van der Waals surface area contributed by atoms with Gasteiger partial charge in [0.2, 0.25) is 0 Å². The lowest BCUT2D eigenvalue weighted by Crippen LogP contribution is -2.23. The van der Waals surface area contributed by atoms with Crippen LogP contribution < -0.4 is 4.90 Å². The van der Waals surface area contributed by atoms with Crippen LogP contribution in [0.25, 0.3) is 54.7 Å². The molecule has 0 N–H and O–H groups in total. The average Bonchev–Trinajstić information content (AvgIpc) is 2.96. The standard InChI is InChI=1S/C32H18F9N3O/c1-44(2)16-8-11-23-19(12-16)26(31(36,37)38)21-13-20(29(45)32(39,40)41)25-18(27(21)42-23)10-9-17-22(30(33,34)35)14-24(43-28(17)25)15-6-4-3-5-7-15/h3-14H,1-2H3. The van der Waals surface area contributed by atoms with Crippen LogP contribution in [0, 0.1) is 0 Å². The predicted molar refractivity (Wildman–Crippen MR) is 152 cm³/mol. The Bertz CT molecular complexity index is 2170. The molecule has 45 heavy (non-hydrogen) atoms. The average molecular weight is 631 g/mol. The third-order valence-electron chi connectivity index (χ3n) is 7.48. The fourth-order valence-corrected chi connectivity index (χ4v) is 5.50. The van der Waals surface area contributed by atoms with Crippen molar-refractivity contribution >= 4 is 55.0 Å². The van der Waals surface area contributed by atoms with Gasteiger partial charge in [0, 0.05) is 57.8 Å². The highest BCUT2D eigenvalue weighted by atomic mass is 19.4. The third kappa shape index (κ3) is 5.05. The largest absolute Gasteiger partial charge is 0.454 e. The van der Waals surface area contributed by atoms with E-state index in [0.29, 0.717) is 11.8 Å². The second-order valence-electron chi connectivity index (χ2n) is 10.5. The maximum atomic E-state index is 14.7. The number of nitrogens with zero attached hydrogens (tertiary/aromatic N) is 3. The summed E-state index contributed by atoms with van der Waals surface area (Å²) in [4.78, 5) is 23.0. The van der Waals surface area contributed by atoms with E-state index in [2.05, 4.69) is 9.97 Å². The van der Waals surface area contributed by atoms with Gasteiger partial charge in [0.1, 0.15) is 0 Å². The molecule has 4 aromatic carbocycles. The van der Waals surface area contributed by atoms with Gasteiger partial charge >= 0.3 is 18.5 Å². The molecule has 230 valence electrons. The van der Waals surface area contributed by atoms with Crippen molar-refractivity contribution < 1.29 is 44.3 Å². The number of alkyl halides is 9. The summed E-state index contributed by atoms with van der Waals surface area (Å²) in [7, 11) is 3.15. The highest BCUT2D eigenvalue weighted by Crippen LogP contribution is 2.46. The van der Waals surface area contributed by atoms with E-state index in [1.807, 2.05) is 0 Å². The van der Waals surface area contributed by atoms with E-state index in [1.54, 1.807) is 20.2 Å². The normalized spacial score (nSPS) is 12.9. The lowest BCUT2D eigenvalue weighted by atomic mass is 9.90. The van der Waals surface area contributed by atoms with Crippen molar-refractivity contribution in [2.24, 2.45) is 0 Å². The van der Waals surface area contributed by atoms with Crippen molar-refractivity contribution in [2.75, 3.05) is 19.0 Å². The van der Waals surface area contributed by atoms with Crippen LogP contribution >= 0.6 is 0 Å². The van der Waals surface area contributed by atoms with Crippen molar-refractivity contribution in [1.29, 1.82) is 0 Å². The summed E-state index contributed by atoms with van der Waals surface area (Å²) in [6.07, 6.45) is -15.7. The molecule has 13 heteroatoms. The summed E-state index contributed by atoms with van der Waals surface area (Å²) in [6.45, 7) is 0. The van der Waals surface area contributed by atoms with E-state index in [-0.39, 0.29) is 16.8 Å². The number of Topliss-reactive ketones (excluding diaryl/α,β-unsaturated/α-hetero) is 1. The number of fused-ring (bicyclic) bond motifs is 6. The molecular formula is C32H18F9N3O. The fourth-order valence-electron chi connectivity index (χ4n) is 5.50. The number of hydrogen-bond acceptors (Lipinski definition) is 4. The second-order valence-corrected chi connectivity index (χ2v) is 10.5. The van der Waals surface area contributed by atoms with E-state index in [1.165, 1.54) is 47.4 Å². The van der Waals surface area contributed by atoms with Gasteiger partial charge in [-0.1, -0.05) is 42.5 Å². The molecule has 0 aliphatic heterocycles. The van der Waals surface area contributed by atoms with E-state index in [9.17, 15) is 44.3 Å². The van der Waals surface area contributed by atoms with E-state index in [4.69, 9.17) is 0 Å². The Hall–Kier alpha value is -4.94. The van der Waals surface area contributed by atoms with Crippen LogP contribution in [0.2, 0.25) is 0 Å². The summed E-state index contributed by atoms with van der Waals surface area (Å²) >= 11 is 0. The first-order valence-electron chi connectivity index (χ1n) is 13.1. The van der Waals surface area contributed by atoms with Crippen LogP contribution in [0.3, 0.4) is 0 Å². The van der Waals surface area contributed by atoms with Crippen LogP contribution in [-0.4, -0.2) is 36.0 Å². The van der Waals surface area contributed by atoms with Crippen molar-refractivity contribution in [3.63, 3.8) is 0 Å². The lowest BCUT2D eigenvalue weighted by Gasteiger charge is -2.20. The number of hydrogen-bond donors (Lipinski definition) is 0. The summed E-state index contributed by atoms with van der Waals surface area (Å²) in [6, 6.07) is 14.4. The Labute approximate surface area is 247 Å². The zero-order chi connectivity index (χ0) is 32.6. The second kappa shape index (κ2) is 10.0. The van der Waals surface area contributed by atoms with Crippen molar-refractivity contribution in [1.82, 2.24) is 9.97 Å². The maximum absolute atomic E-state index is 14.7. The van der Waals surface area contributed by atoms with Gasteiger partial charge in [0.25, 0.3) is 5.78 Å². The summed E-state index contributed by atoms with van der Waals surface area (Å²) in [5.41, 5.74) is -4.89. The van der Waals surface area contributed by atoms with Crippen molar-refractivity contribution in [2.45, 2.75) is 18.5 Å². The highest BCUT2D eigenvalue weighted by molar-refractivity contribution is 6.26. The number of rotatable bonds is 3. The van der Waals surface area contributed by atoms with Crippen LogP contribution in [0.5, 0.6) is 0 Å². The first-order chi connectivity index (χ1) is 21.0. The SMILES string of the molecule is CN(C)c1ccc2nc3c(cc(C(=O)C(F)(F)F)c4c3ccc3c(C(F)(F)F)cc(-c5ccccc5)nc34)c(C(F)(F)F)c2c1. The predicted octanol–water partition coefficient (Wildman–Crippen LogP) is 9.60. The summed E-state index contributed by atoms with van der Waals surface area (Å²) in [5, 5.41) is -2.99. The zero-order valence-corrected chi connectivity index (χ0v) is 23.1. The molecule has 6 aromatic rings. The minimum absolute atomic E-state index is 0.168. The number of aromatic nitrogens is 2. The molecule has 2 aromatic heterocycles. The van der Waals surface area contributed by atoms with Crippen molar-refractivity contribution in [3.8, 4) is 11.3 Å². The van der Waals surface area contributed by atoms with Gasteiger partial charge in [-0.25, -0.2) is 9.97 Å². The molecule has 0 unspecified atom stereocenters. The summed E-state index contributed by atoms with van der Waals surface area (Å²) in [5.74, 6) is -2.54. The Morgan fingerprint density at radius 2 is 1.33 bits per heavy atom. The van der Waals surface area contributed by atoms with E-state index >= 15 is 0 Å². The molecule has 6 rings (SSSR count). The molecule has 0 saturated carbocycles. The summed E-state index contributed by atoms with van der Waals surface area (Å²) < 4.78 is 129. The number of ketones is 1. The number of halogens is 9. The minimum Gasteiger partial charge on any atom is -0.378 e. The molecule has 0 amide bonds. The van der Waals surface area contributed by atoms with Crippen LogP contribution in [-0.2, 0) is 12.4 Å². The topological polar surface area (TPSA) is 46.1 Å². The number of carbonyl (C=O) groups is 1. The van der Waals surface area contributed by atoms with Gasteiger partial charge in [-0.2, -0.15) is 39.5 Å². The van der Waals surface area contributed by atoms with E-state index in [0.717, 1.165) is 18.2 Å². The van der Waals surface area contributed by atoms with E-state index < -0.39 is 79.0 Å². The molecule has 0 saturated heterocycles. The Morgan fingerprint density at radius 1 is 0.667 bits per heavy atom. The molecule has 0 bridgehead atoms. The molecule has 0 aliphatic carbocycles. The van der Waals surface area contributed by atoms with Gasteiger partial charge < -0.3 is 4.90 Å². The fraction of sp³-hybridized carbons (Fsp3) is 0.156. The third-order valence-corrected chi connectivity index (χ3v) is 7.48. The Morgan fingerprint density at radius 3 is 1.93 bits per heavy atom. The van der Waals surface area contributed by atoms with Crippen LogP contribution in [0.15, 0.2) is 72.8 Å². The highest BCUT2D eigenvalue weighted by Gasteiger charge is 2.43. The smallest absolute Gasteiger partial charge is 0.378 e. The maximum Gasteiger partial charge on any atom is 0.454 e. The monoisotopic (exact) mass is 631 g/mol. The molecular weight excluding hydrogens is 613 g/mol. The van der Waals surface area contributed by atoms with Crippen LogP contribution in [0.4, 0.5) is 45.2 Å². The molecule has 0 aliphatic rings. The molecule has 4 nitrogen and oxygen atoms in total. The molecule has 0 spiro atoms. The number of pyridine rings is 2. The van der Waals surface area contributed by atoms with Crippen LogP contribution in [0.1, 0.15) is 21.5 Å². The van der Waals surface area contributed by atoms with Crippen molar-refractivity contribution in [3.05, 3.63) is 89.5 Å². The lowest BCUT2D eigenvalue weighted by molar-refractivity contribution is -0.136. The minimum atomic E-state index is -5.59. The van der Waals surface area contributed by atoms with Gasteiger partial charge in [0.05, 0.1) is 33.4 Å². The van der Waals surface area contributed by atoms with Gasteiger partial charge in [-0.3, -0.25) is 4.79 Å². The Kier molecular flexibility index (Phi) is 6.72. The first-order valence-corrected chi connectivity index (χ1v) is 13.1. The number of benzene rings is 4. The van der Waals surface area contributed by atoms with Gasteiger partial charge in [-0.15, -0.1) is 0 Å². The molecule has 0 atom stereocenters. The van der Waals surface area contributed by atoms with Gasteiger partial charge in [-0.05, 0) is 30.3 Å². The molecule has 2 heterocycles. The molecule has 0 fully saturated rings. The quantitative estimate of drug-likeness (QED) is 0.0845. The molecule has 0 radical (unpaired) electrons. The Balaban J connectivity index is 1.89. The zero-order valence-electron chi connectivity index (χ0n) is 23.1. The number of anilines is 1. The number of carbonyl (C=O) groups excluding carboxylic acids is 1. The first kappa shape index (κ1) is 30.1.